The number of rotatable bonds is 54. The lowest BCUT2D eigenvalue weighted by Gasteiger charge is -2.18. The smallest absolute Gasteiger partial charge is 0.306 e. The summed E-state index contributed by atoms with van der Waals surface area (Å²) in [5.41, 5.74) is 0. The molecule has 66 heavy (non-hydrogen) atoms. The molecule has 0 aromatic carbocycles. The van der Waals surface area contributed by atoms with Gasteiger partial charge in [-0.05, 0) is 31.1 Å². The van der Waals surface area contributed by atoms with Crippen LogP contribution in [0.15, 0.2) is 0 Å². The van der Waals surface area contributed by atoms with Gasteiger partial charge in [0.25, 0.3) is 0 Å². The summed E-state index contributed by atoms with van der Waals surface area (Å²) >= 11 is 0. The summed E-state index contributed by atoms with van der Waals surface area (Å²) in [4.78, 5) is 38.2. The molecule has 0 amide bonds. The second-order valence-corrected chi connectivity index (χ2v) is 21.6. The molecule has 0 saturated heterocycles. The van der Waals surface area contributed by atoms with E-state index in [4.69, 9.17) is 14.2 Å². The molecule has 6 heteroatoms. The fourth-order valence-electron chi connectivity index (χ4n) is 9.23. The highest BCUT2D eigenvalue weighted by Gasteiger charge is 2.19. The van der Waals surface area contributed by atoms with E-state index in [1.54, 1.807) is 0 Å². The van der Waals surface area contributed by atoms with Crippen LogP contribution in [0, 0.1) is 11.8 Å². The average Bonchev–Trinajstić information content (AvgIpc) is 3.29. The Hall–Kier alpha value is -1.59. The van der Waals surface area contributed by atoms with E-state index in [0.717, 1.165) is 69.6 Å². The molecule has 0 spiro atoms. The Morgan fingerprint density at radius 1 is 0.288 bits per heavy atom. The van der Waals surface area contributed by atoms with Gasteiger partial charge in [-0.2, -0.15) is 0 Å². The predicted molar refractivity (Wildman–Crippen MR) is 284 cm³/mol. The van der Waals surface area contributed by atoms with Crippen molar-refractivity contribution in [3.8, 4) is 0 Å². The van der Waals surface area contributed by atoms with Gasteiger partial charge >= 0.3 is 17.9 Å². The SMILES string of the molecule is CCCCCCCCCCCCCCCC(=O)OC[C@H](COC(=O)CCCCCCCCCCCCCCCCCC(C)C)OC(=O)CCCCCCCCCCCCCCCCC(C)C. The molecule has 0 unspecified atom stereocenters. The third-order valence-corrected chi connectivity index (χ3v) is 13.7. The van der Waals surface area contributed by atoms with Crippen molar-refractivity contribution in [3.05, 3.63) is 0 Å². The van der Waals surface area contributed by atoms with Crippen LogP contribution in [0.1, 0.15) is 336 Å². The van der Waals surface area contributed by atoms with E-state index in [1.807, 2.05) is 0 Å². The van der Waals surface area contributed by atoms with E-state index < -0.39 is 6.10 Å². The van der Waals surface area contributed by atoms with Crippen LogP contribution in [0.2, 0.25) is 0 Å². The number of hydrogen-bond donors (Lipinski definition) is 0. The van der Waals surface area contributed by atoms with E-state index in [-0.39, 0.29) is 31.1 Å². The molecule has 0 radical (unpaired) electrons. The monoisotopic (exact) mass is 933 g/mol. The normalized spacial score (nSPS) is 12.0. The predicted octanol–water partition coefficient (Wildman–Crippen LogP) is 19.7. The van der Waals surface area contributed by atoms with Crippen LogP contribution in [-0.2, 0) is 28.6 Å². The van der Waals surface area contributed by atoms with Gasteiger partial charge in [-0.25, -0.2) is 0 Å². The molecule has 0 N–H and O–H groups in total. The summed E-state index contributed by atoms with van der Waals surface area (Å²) in [5, 5.41) is 0. The van der Waals surface area contributed by atoms with Crippen LogP contribution in [0.25, 0.3) is 0 Å². The number of ether oxygens (including phenoxy) is 3. The molecule has 0 heterocycles. The van der Waals surface area contributed by atoms with E-state index in [1.165, 1.54) is 225 Å². The molecule has 0 aromatic rings. The van der Waals surface area contributed by atoms with Gasteiger partial charge in [0.1, 0.15) is 13.2 Å². The minimum absolute atomic E-state index is 0.0623. The minimum atomic E-state index is -0.763. The molecule has 0 aromatic heterocycles. The Balaban J connectivity index is 4.28. The molecule has 6 nitrogen and oxygen atoms in total. The summed E-state index contributed by atoms with van der Waals surface area (Å²) < 4.78 is 16.9. The Bertz CT molecular complexity index is 1010. The lowest BCUT2D eigenvalue weighted by atomic mass is 10.0. The highest BCUT2D eigenvalue weighted by molar-refractivity contribution is 5.71. The van der Waals surface area contributed by atoms with Crippen molar-refractivity contribution in [2.24, 2.45) is 11.8 Å². The van der Waals surface area contributed by atoms with Crippen molar-refractivity contribution in [1.82, 2.24) is 0 Å². The number of hydrogen-bond acceptors (Lipinski definition) is 6. The number of esters is 3. The fourth-order valence-corrected chi connectivity index (χ4v) is 9.23. The van der Waals surface area contributed by atoms with Crippen molar-refractivity contribution in [1.29, 1.82) is 0 Å². The fraction of sp³-hybridized carbons (Fsp3) is 0.950. The van der Waals surface area contributed by atoms with Gasteiger partial charge in [0.15, 0.2) is 6.10 Å². The third kappa shape index (κ3) is 53.4. The first-order valence-electron chi connectivity index (χ1n) is 29.7. The van der Waals surface area contributed by atoms with Gasteiger partial charge < -0.3 is 14.2 Å². The molecule has 392 valence electrons. The van der Waals surface area contributed by atoms with Crippen LogP contribution in [0.3, 0.4) is 0 Å². The van der Waals surface area contributed by atoms with Crippen LogP contribution in [0.4, 0.5) is 0 Å². The van der Waals surface area contributed by atoms with E-state index in [9.17, 15) is 14.4 Å². The van der Waals surface area contributed by atoms with E-state index in [2.05, 4.69) is 34.6 Å². The van der Waals surface area contributed by atoms with Gasteiger partial charge in [-0.15, -0.1) is 0 Å². The van der Waals surface area contributed by atoms with Gasteiger partial charge in [-0.3, -0.25) is 14.4 Å². The molecule has 0 aliphatic heterocycles. The maximum atomic E-state index is 12.9. The van der Waals surface area contributed by atoms with Crippen molar-refractivity contribution in [2.45, 2.75) is 343 Å². The lowest BCUT2D eigenvalue weighted by molar-refractivity contribution is -0.167. The van der Waals surface area contributed by atoms with Gasteiger partial charge in [0, 0.05) is 19.3 Å². The molecule has 0 aliphatic rings. The van der Waals surface area contributed by atoms with Crippen molar-refractivity contribution in [2.75, 3.05) is 13.2 Å². The maximum Gasteiger partial charge on any atom is 0.306 e. The van der Waals surface area contributed by atoms with Crippen molar-refractivity contribution >= 4 is 17.9 Å². The Morgan fingerprint density at radius 2 is 0.500 bits per heavy atom. The quantitative estimate of drug-likeness (QED) is 0.0343. The summed E-state index contributed by atoms with van der Waals surface area (Å²) in [6, 6.07) is 0. The first-order chi connectivity index (χ1) is 32.2. The van der Waals surface area contributed by atoms with Crippen LogP contribution >= 0.6 is 0 Å². The molecular formula is C60H116O6. The summed E-state index contributed by atoms with van der Waals surface area (Å²) in [6.07, 6.45) is 56.6. The molecule has 0 bridgehead atoms. The summed E-state index contributed by atoms with van der Waals surface area (Å²) in [5.74, 6) is 0.856. The van der Waals surface area contributed by atoms with Gasteiger partial charge in [-0.1, -0.05) is 298 Å². The standard InChI is InChI=1S/C60H116O6/c1-6-7-8-9-10-11-12-18-25-30-35-40-45-50-58(61)64-53-57(66-60(63)52-47-42-37-32-27-22-17-16-20-24-29-34-39-44-49-56(4)5)54-65-59(62)51-46-41-36-31-26-21-15-13-14-19-23-28-33-38-43-48-55(2)3/h55-57H,6-54H2,1-5H3/t57-/m1/s1. The zero-order chi connectivity index (χ0) is 48.2. The second-order valence-electron chi connectivity index (χ2n) is 21.6. The van der Waals surface area contributed by atoms with Crippen molar-refractivity contribution < 1.29 is 28.6 Å². The Kier molecular flexibility index (Phi) is 51.5. The average molecular weight is 934 g/mol. The first-order valence-corrected chi connectivity index (χ1v) is 29.7. The van der Waals surface area contributed by atoms with Crippen LogP contribution < -0.4 is 0 Å². The Morgan fingerprint density at radius 3 is 0.742 bits per heavy atom. The van der Waals surface area contributed by atoms with Crippen molar-refractivity contribution in [3.63, 3.8) is 0 Å². The first kappa shape index (κ1) is 64.4. The number of unbranched alkanes of at least 4 members (excludes halogenated alkanes) is 39. The maximum absolute atomic E-state index is 12.9. The molecule has 0 rings (SSSR count). The summed E-state index contributed by atoms with van der Waals surface area (Å²) in [7, 11) is 0. The zero-order valence-electron chi connectivity index (χ0n) is 45.3. The third-order valence-electron chi connectivity index (χ3n) is 13.7. The molecule has 1 atom stereocenters. The molecular weight excluding hydrogens is 817 g/mol. The van der Waals surface area contributed by atoms with Crippen LogP contribution in [0.5, 0.6) is 0 Å². The van der Waals surface area contributed by atoms with E-state index >= 15 is 0 Å². The summed E-state index contributed by atoms with van der Waals surface area (Å²) in [6.45, 7) is 11.4. The highest BCUT2D eigenvalue weighted by atomic mass is 16.6. The number of carbonyl (C=O) groups is 3. The molecule has 0 fully saturated rings. The minimum Gasteiger partial charge on any atom is -0.462 e. The van der Waals surface area contributed by atoms with Gasteiger partial charge in [0.05, 0.1) is 0 Å². The van der Waals surface area contributed by atoms with Gasteiger partial charge in [0.2, 0.25) is 0 Å². The number of carbonyl (C=O) groups excluding carboxylic acids is 3. The zero-order valence-corrected chi connectivity index (χ0v) is 45.3. The van der Waals surface area contributed by atoms with E-state index in [0.29, 0.717) is 19.3 Å². The largest absolute Gasteiger partial charge is 0.462 e. The Labute approximate surface area is 412 Å². The lowest BCUT2D eigenvalue weighted by Crippen LogP contribution is -2.30. The topological polar surface area (TPSA) is 78.9 Å². The highest BCUT2D eigenvalue weighted by Crippen LogP contribution is 2.18. The second kappa shape index (κ2) is 52.8. The molecule has 0 aliphatic carbocycles. The van der Waals surface area contributed by atoms with Crippen LogP contribution in [-0.4, -0.2) is 37.2 Å². The molecule has 0 saturated carbocycles.